The SMILES string of the molecule is COc1cc(C)cc(C)c1C(=O)C1CCCC(C)C1. The molecule has 0 saturated heterocycles. The highest BCUT2D eigenvalue weighted by Crippen LogP contribution is 2.34. The van der Waals surface area contributed by atoms with Gasteiger partial charge in [-0.15, -0.1) is 0 Å². The molecule has 2 nitrogen and oxygen atoms in total. The van der Waals surface area contributed by atoms with Gasteiger partial charge in [0.15, 0.2) is 5.78 Å². The number of aryl methyl sites for hydroxylation is 2. The molecule has 2 atom stereocenters. The van der Waals surface area contributed by atoms with E-state index in [2.05, 4.69) is 13.0 Å². The number of rotatable bonds is 3. The van der Waals surface area contributed by atoms with Crippen LogP contribution >= 0.6 is 0 Å². The van der Waals surface area contributed by atoms with Gasteiger partial charge in [0.2, 0.25) is 0 Å². The maximum Gasteiger partial charge on any atom is 0.169 e. The molecule has 0 aromatic heterocycles. The number of ketones is 1. The van der Waals surface area contributed by atoms with Gasteiger partial charge < -0.3 is 4.74 Å². The highest BCUT2D eigenvalue weighted by molar-refractivity contribution is 6.01. The van der Waals surface area contributed by atoms with E-state index in [0.29, 0.717) is 5.92 Å². The van der Waals surface area contributed by atoms with Crippen molar-refractivity contribution in [2.24, 2.45) is 11.8 Å². The summed E-state index contributed by atoms with van der Waals surface area (Å²) in [5.74, 6) is 1.86. The van der Waals surface area contributed by atoms with Gasteiger partial charge in [-0.2, -0.15) is 0 Å². The van der Waals surface area contributed by atoms with Gasteiger partial charge in [0.25, 0.3) is 0 Å². The quantitative estimate of drug-likeness (QED) is 0.756. The summed E-state index contributed by atoms with van der Waals surface area (Å²) in [5.41, 5.74) is 2.98. The molecule has 0 radical (unpaired) electrons. The lowest BCUT2D eigenvalue weighted by Gasteiger charge is -2.26. The number of benzene rings is 1. The van der Waals surface area contributed by atoms with Crippen LogP contribution in [0.2, 0.25) is 0 Å². The molecule has 104 valence electrons. The Balaban J connectivity index is 2.32. The van der Waals surface area contributed by atoms with Crippen LogP contribution in [0.4, 0.5) is 0 Å². The maximum absolute atomic E-state index is 12.8. The van der Waals surface area contributed by atoms with Crippen LogP contribution in [0.1, 0.15) is 54.1 Å². The Hall–Kier alpha value is -1.31. The fraction of sp³-hybridized carbons (Fsp3) is 0.588. The van der Waals surface area contributed by atoms with Crippen molar-refractivity contribution in [3.63, 3.8) is 0 Å². The number of carbonyl (C=O) groups is 1. The first kappa shape index (κ1) is 14.1. The predicted molar refractivity (Wildman–Crippen MR) is 77.9 cm³/mol. The van der Waals surface area contributed by atoms with Crippen LogP contribution < -0.4 is 4.74 Å². The zero-order chi connectivity index (χ0) is 14.0. The van der Waals surface area contributed by atoms with Gasteiger partial charge in [-0.25, -0.2) is 0 Å². The van der Waals surface area contributed by atoms with Gasteiger partial charge in [0.05, 0.1) is 12.7 Å². The second kappa shape index (κ2) is 5.77. The van der Waals surface area contributed by atoms with Crippen molar-refractivity contribution in [3.8, 4) is 5.75 Å². The Morgan fingerprint density at radius 2 is 2.00 bits per heavy atom. The molecule has 2 unspecified atom stereocenters. The lowest BCUT2D eigenvalue weighted by Crippen LogP contribution is -2.23. The number of hydrogen-bond donors (Lipinski definition) is 0. The minimum atomic E-state index is 0.180. The van der Waals surface area contributed by atoms with Gasteiger partial charge in [-0.05, 0) is 49.8 Å². The molecule has 1 aromatic rings. The lowest BCUT2D eigenvalue weighted by atomic mass is 9.78. The van der Waals surface area contributed by atoms with Crippen molar-refractivity contribution in [3.05, 3.63) is 28.8 Å². The summed E-state index contributed by atoms with van der Waals surface area (Å²) in [6, 6.07) is 4.04. The fourth-order valence-corrected chi connectivity index (χ4v) is 3.28. The Morgan fingerprint density at radius 3 is 2.63 bits per heavy atom. The molecule has 0 spiro atoms. The molecular formula is C17H24O2. The highest BCUT2D eigenvalue weighted by atomic mass is 16.5. The average Bonchev–Trinajstić information content (AvgIpc) is 2.37. The molecule has 1 aliphatic carbocycles. The second-order valence-electron chi connectivity index (χ2n) is 5.99. The van der Waals surface area contributed by atoms with Gasteiger partial charge >= 0.3 is 0 Å². The lowest BCUT2D eigenvalue weighted by molar-refractivity contribution is 0.0864. The molecule has 1 aliphatic rings. The molecule has 0 heterocycles. The number of ether oxygens (including phenoxy) is 1. The van der Waals surface area contributed by atoms with Crippen molar-refractivity contribution in [2.45, 2.75) is 46.5 Å². The van der Waals surface area contributed by atoms with E-state index in [1.165, 1.54) is 12.8 Å². The van der Waals surface area contributed by atoms with E-state index in [0.717, 1.165) is 35.3 Å². The van der Waals surface area contributed by atoms with Crippen LogP contribution in [-0.4, -0.2) is 12.9 Å². The van der Waals surface area contributed by atoms with Crippen molar-refractivity contribution in [1.82, 2.24) is 0 Å². The van der Waals surface area contributed by atoms with E-state index in [4.69, 9.17) is 4.74 Å². The Morgan fingerprint density at radius 1 is 1.26 bits per heavy atom. The molecule has 1 saturated carbocycles. The minimum Gasteiger partial charge on any atom is -0.496 e. The summed E-state index contributed by atoms with van der Waals surface area (Å²) in [6.07, 6.45) is 4.48. The largest absolute Gasteiger partial charge is 0.496 e. The van der Waals surface area contributed by atoms with Crippen molar-refractivity contribution < 1.29 is 9.53 Å². The molecule has 2 rings (SSSR count). The molecule has 0 bridgehead atoms. The molecule has 19 heavy (non-hydrogen) atoms. The molecule has 0 amide bonds. The summed E-state index contributed by atoms with van der Waals surface area (Å²) in [6.45, 7) is 6.29. The number of methoxy groups -OCH3 is 1. The van der Waals surface area contributed by atoms with Gasteiger partial charge in [-0.3, -0.25) is 4.79 Å². The van der Waals surface area contributed by atoms with Crippen LogP contribution in [0.25, 0.3) is 0 Å². The molecule has 1 fully saturated rings. The van der Waals surface area contributed by atoms with E-state index in [-0.39, 0.29) is 11.7 Å². The van der Waals surface area contributed by atoms with Crippen LogP contribution in [-0.2, 0) is 0 Å². The summed E-state index contributed by atoms with van der Waals surface area (Å²) < 4.78 is 5.42. The molecule has 0 aliphatic heterocycles. The van der Waals surface area contributed by atoms with E-state index < -0.39 is 0 Å². The summed E-state index contributed by atoms with van der Waals surface area (Å²) in [5, 5.41) is 0. The molecular weight excluding hydrogens is 236 g/mol. The van der Waals surface area contributed by atoms with Crippen molar-refractivity contribution >= 4 is 5.78 Å². The average molecular weight is 260 g/mol. The van der Waals surface area contributed by atoms with Crippen molar-refractivity contribution in [1.29, 1.82) is 0 Å². The zero-order valence-corrected chi connectivity index (χ0v) is 12.5. The Bertz CT molecular complexity index is 476. The summed E-state index contributed by atoms with van der Waals surface area (Å²) in [7, 11) is 1.65. The van der Waals surface area contributed by atoms with E-state index >= 15 is 0 Å². The third-order valence-corrected chi connectivity index (χ3v) is 4.22. The minimum absolute atomic E-state index is 0.180. The Kier molecular flexibility index (Phi) is 4.28. The standard InChI is InChI=1S/C17H24O2/c1-11-6-5-7-14(9-11)17(18)16-13(3)8-12(2)10-15(16)19-4/h8,10-11,14H,5-7,9H2,1-4H3. The Labute approximate surface area is 116 Å². The first-order chi connectivity index (χ1) is 9.02. The van der Waals surface area contributed by atoms with E-state index in [9.17, 15) is 4.79 Å². The third kappa shape index (κ3) is 2.99. The summed E-state index contributed by atoms with van der Waals surface area (Å²) in [4.78, 5) is 12.8. The van der Waals surface area contributed by atoms with Crippen LogP contribution in [0.5, 0.6) is 5.75 Å². The number of carbonyl (C=O) groups excluding carboxylic acids is 1. The van der Waals surface area contributed by atoms with Crippen LogP contribution in [0.15, 0.2) is 12.1 Å². The van der Waals surface area contributed by atoms with E-state index in [1.54, 1.807) is 7.11 Å². The molecule has 0 N–H and O–H groups in total. The fourth-order valence-electron chi connectivity index (χ4n) is 3.28. The second-order valence-corrected chi connectivity index (χ2v) is 5.99. The molecule has 2 heteroatoms. The van der Waals surface area contributed by atoms with Gasteiger partial charge in [0, 0.05) is 5.92 Å². The van der Waals surface area contributed by atoms with Crippen molar-refractivity contribution in [2.75, 3.05) is 7.11 Å². The van der Waals surface area contributed by atoms with E-state index in [1.807, 2.05) is 19.9 Å². The maximum atomic E-state index is 12.8. The van der Waals surface area contributed by atoms with Crippen LogP contribution in [0, 0.1) is 25.7 Å². The predicted octanol–water partition coefficient (Wildman–Crippen LogP) is 4.32. The number of Topliss-reactive ketones (excluding diaryl/α,β-unsaturated/α-hetero) is 1. The summed E-state index contributed by atoms with van der Waals surface area (Å²) >= 11 is 0. The normalized spacial score (nSPS) is 23.2. The third-order valence-electron chi connectivity index (χ3n) is 4.22. The highest BCUT2D eigenvalue weighted by Gasteiger charge is 2.28. The smallest absolute Gasteiger partial charge is 0.169 e. The molecule has 1 aromatic carbocycles. The van der Waals surface area contributed by atoms with Gasteiger partial charge in [-0.1, -0.05) is 25.8 Å². The van der Waals surface area contributed by atoms with Gasteiger partial charge in [0.1, 0.15) is 5.75 Å². The first-order valence-electron chi connectivity index (χ1n) is 7.22. The number of hydrogen-bond acceptors (Lipinski definition) is 2. The topological polar surface area (TPSA) is 26.3 Å². The monoisotopic (exact) mass is 260 g/mol. The van der Waals surface area contributed by atoms with Crippen LogP contribution in [0.3, 0.4) is 0 Å². The zero-order valence-electron chi connectivity index (χ0n) is 12.5. The first-order valence-corrected chi connectivity index (χ1v) is 7.22.